The first-order chi connectivity index (χ1) is 9.39. The van der Waals surface area contributed by atoms with Gasteiger partial charge < -0.3 is 14.7 Å². The number of aromatic nitrogens is 2. The topological polar surface area (TPSA) is 105 Å². The van der Waals surface area contributed by atoms with Crippen LogP contribution in [0, 0.1) is 6.92 Å². The highest BCUT2D eigenvalue weighted by Gasteiger charge is 2.61. The molecule has 1 amide bonds. The van der Waals surface area contributed by atoms with Crippen LogP contribution in [0.1, 0.15) is 18.2 Å². The van der Waals surface area contributed by atoms with E-state index >= 15 is 0 Å². The van der Waals surface area contributed by atoms with Crippen LogP contribution in [0.4, 0.5) is 0 Å². The highest BCUT2D eigenvalue weighted by atomic mass is 16.6. The molecule has 0 aromatic carbocycles. The van der Waals surface area contributed by atoms with Crippen molar-refractivity contribution in [1.29, 1.82) is 0 Å². The molecule has 2 saturated heterocycles. The molecular formula is C12H15N3O5. The minimum atomic E-state index is -1.27. The Kier molecular flexibility index (Phi) is 2.63. The number of fused-ring (bicyclic) bond motifs is 2. The van der Waals surface area contributed by atoms with Crippen molar-refractivity contribution < 1.29 is 14.6 Å². The van der Waals surface area contributed by atoms with Crippen LogP contribution >= 0.6 is 0 Å². The monoisotopic (exact) mass is 281 g/mol. The number of ether oxygens (including phenoxy) is 1. The second kappa shape index (κ2) is 4.03. The van der Waals surface area contributed by atoms with Crippen LogP contribution in [0.5, 0.6) is 0 Å². The van der Waals surface area contributed by atoms with Gasteiger partial charge in [-0.2, -0.15) is 0 Å². The number of rotatable bonds is 2. The Balaban J connectivity index is 2.07. The minimum Gasteiger partial charge on any atom is -0.393 e. The van der Waals surface area contributed by atoms with Crippen LogP contribution in [0.3, 0.4) is 0 Å². The summed E-state index contributed by atoms with van der Waals surface area (Å²) < 4.78 is 6.91. The van der Waals surface area contributed by atoms with Crippen molar-refractivity contribution in [3.05, 3.63) is 32.6 Å². The third-order valence-corrected chi connectivity index (χ3v) is 4.10. The summed E-state index contributed by atoms with van der Waals surface area (Å²) in [5.74, 6) is -0.282. The maximum absolute atomic E-state index is 12.0. The molecule has 3 rings (SSSR count). The van der Waals surface area contributed by atoms with Crippen molar-refractivity contribution in [2.45, 2.75) is 31.2 Å². The molecule has 8 heteroatoms. The molecule has 1 aromatic heterocycles. The second-order valence-electron chi connectivity index (χ2n) is 5.33. The second-order valence-corrected chi connectivity index (χ2v) is 5.33. The molecule has 0 aliphatic carbocycles. The Morgan fingerprint density at radius 2 is 2.20 bits per heavy atom. The van der Waals surface area contributed by atoms with Crippen molar-refractivity contribution >= 4 is 5.91 Å². The summed E-state index contributed by atoms with van der Waals surface area (Å²) in [5, 5.41) is 9.45. The van der Waals surface area contributed by atoms with Crippen molar-refractivity contribution in [1.82, 2.24) is 14.5 Å². The first kappa shape index (κ1) is 13.1. The van der Waals surface area contributed by atoms with Crippen LogP contribution in [-0.2, 0) is 9.53 Å². The number of nitrogens with one attached hydrogen (secondary N) is 1. The van der Waals surface area contributed by atoms with Gasteiger partial charge in [-0.25, -0.2) is 4.79 Å². The molecule has 0 radical (unpaired) electrons. The Bertz CT molecular complexity index is 693. The summed E-state index contributed by atoms with van der Waals surface area (Å²) in [5.41, 5.74) is -1.93. The fourth-order valence-corrected chi connectivity index (χ4v) is 2.92. The van der Waals surface area contributed by atoms with E-state index in [2.05, 4.69) is 4.98 Å². The van der Waals surface area contributed by atoms with Gasteiger partial charge in [-0.05, 0) is 6.92 Å². The summed E-state index contributed by atoms with van der Waals surface area (Å²) in [7, 11) is 1.61. The molecule has 1 unspecified atom stereocenters. The Hall–Kier alpha value is -1.93. The molecular weight excluding hydrogens is 266 g/mol. The van der Waals surface area contributed by atoms with Gasteiger partial charge in [-0.15, -0.1) is 0 Å². The van der Waals surface area contributed by atoms with E-state index in [1.807, 2.05) is 0 Å². The summed E-state index contributed by atoms with van der Waals surface area (Å²) in [6.07, 6.45) is 1.04. The number of carbonyl (C=O) groups is 1. The maximum Gasteiger partial charge on any atom is 0.330 e. The molecule has 2 N–H and O–H groups in total. The van der Waals surface area contributed by atoms with Crippen LogP contribution in [0.25, 0.3) is 0 Å². The van der Waals surface area contributed by atoms with Crippen LogP contribution in [-0.4, -0.2) is 50.8 Å². The maximum atomic E-state index is 12.0. The standard InChI is InChI=1S/C12H15N3O5/c1-6-4-15(11(19)13-8(6)17)9-7-3-12(5-16,20-9)10(18)14(7)2/h4,7,9,16H,3,5H2,1-2H3,(H,13,17,19)/t7?,9-,12+/m1/s1. The van der Waals surface area contributed by atoms with Crippen LogP contribution in [0.15, 0.2) is 15.8 Å². The zero-order valence-corrected chi connectivity index (χ0v) is 11.1. The average Bonchev–Trinajstić information content (AvgIpc) is 2.91. The van der Waals surface area contributed by atoms with E-state index < -0.39 is 29.7 Å². The summed E-state index contributed by atoms with van der Waals surface area (Å²) in [6, 6.07) is -0.336. The third kappa shape index (κ3) is 1.52. The molecule has 2 bridgehead atoms. The highest BCUT2D eigenvalue weighted by molar-refractivity contribution is 5.89. The third-order valence-electron chi connectivity index (χ3n) is 4.10. The van der Waals surface area contributed by atoms with E-state index in [9.17, 15) is 19.5 Å². The van der Waals surface area contributed by atoms with Gasteiger partial charge in [0.1, 0.15) is 0 Å². The predicted molar refractivity (Wildman–Crippen MR) is 67.2 cm³/mol. The van der Waals surface area contributed by atoms with Gasteiger partial charge in [0.2, 0.25) is 0 Å². The number of amides is 1. The molecule has 2 aliphatic heterocycles. The first-order valence-electron chi connectivity index (χ1n) is 6.27. The number of hydrogen-bond donors (Lipinski definition) is 2. The van der Waals surface area contributed by atoms with Gasteiger partial charge in [0.15, 0.2) is 11.8 Å². The number of hydrogen-bond acceptors (Lipinski definition) is 5. The van der Waals surface area contributed by atoms with Gasteiger partial charge in [0, 0.05) is 25.2 Å². The summed E-state index contributed by atoms with van der Waals surface area (Å²) in [6.45, 7) is 1.15. The fraction of sp³-hybridized carbons (Fsp3) is 0.583. The molecule has 1 aromatic rings. The van der Waals surface area contributed by atoms with E-state index in [-0.39, 0.29) is 11.9 Å². The molecule has 8 nitrogen and oxygen atoms in total. The Labute approximate surface area is 113 Å². The average molecular weight is 281 g/mol. The quantitative estimate of drug-likeness (QED) is 0.675. The number of nitrogens with zero attached hydrogens (tertiary/aromatic N) is 2. The summed E-state index contributed by atoms with van der Waals surface area (Å²) in [4.78, 5) is 39.0. The van der Waals surface area contributed by atoms with Gasteiger partial charge in [0.25, 0.3) is 11.5 Å². The number of H-pyrrole nitrogens is 1. The van der Waals surface area contributed by atoms with Gasteiger partial charge in [-0.1, -0.05) is 0 Å². The Morgan fingerprint density at radius 1 is 1.50 bits per heavy atom. The lowest BCUT2D eigenvalue weighted by Gasteiger charge is -2.34. The molecule has 0 saturated carbocycles. The van der Waals surface area contributed by atoms with Gasteiger partial charge in [-0.3, -0.25) is 19.1 Å². The fourth-order valence-electron chi connectivity index (χ4n) is 2.92. The zero-order valence-electron chi connectivity index (χ0n) is 11.1. The number of morpholine rings is 1. The molecule has 0 spiro atoms. The number of carbonyl (C=O) groups excluding carboxylic acids is 1. The molecule has 2 fully saturated rings. The lowest BCUT2D eigenvalue weighted by Crippen LogP contribution is -2.52. The molecule has 108 valence electrons. The van der Waals surface area contributed by atoms with Crippen molar-refractivity contribution in [2.24, 2.45) is 0 Å². The lowest BCUT2D eigenvalue weighted by molar-refractivity contribution is -0.178. The first-order valence-corrected chi connectivity index (χ1v) is 6.27. The predicted octanol–water partition coefficient (Wildman–Crippen LogP) is -1.66. The van der Waals surface area contributed by atoms with E-state index in [4.69, 9.17) is 4.74 Å². The van der Waals surface area contributed by atoms with Crippen LogP contribution in [0.2, 0.25) is 0 Å². The van der Waals surface area contributed by atoms with E-state index in [1.165, 1.54) is 15.7 Å². The number of aliphatic hydroxyl groups is 1. The largest absolute Gasteiger partial charge is 0.393 e. The molecule has 20 heavy (non-hydrogen) atoms. The Morgan fingerprint density at radius 3 is 2.80 bits per heavy atom. The van der Waals surface area contributed by atoms with Crippen LogP contribution < -0.4 is 11.2 Å². The SMILES string of the molecule is Cc1cn([C@@H]2O[C@]3(CO)CC2N(C)C3=O)c(=O)[nH]c1=O. The molecule has 3 heterocycles. The summed E-state index contributed by atoms with van der Waals surface area (Å²) >= 11 is 0. The van der Waals surface area contributed by atoms with E-state index in [0.717, 1.165) is 0 Å². The van der Waals surface area contributed by atoms with E-state index in [0.29, 0.717) is 12.0 Å². The van der Waals surface area contributed by atoms with Crippen molar-refractivity contribution in [3.8, 4) is 0 Å². The number of aromatic amines is 1. The number of likely N-dealkylation sites (N-methyl/N-ethyl adjacent to an activating group) is 1. The normalized spacial score (nSPS) is 32.1. The van der Waals surface area contributed by atoms with E-state index in [1.54, 1.807) is 14.0 Å². The van der Waals surface area contributed by atoms with Gasteiger partial charge in [0.05, 0.1) is 12.6 Å². The van der Waals surface area contributed by atoms with Crippen molar-refractivity contribution in [3.63, 3.8) is 0 Å². The number of aryl methyl sites for hydroxylation is 1. The van der Waals surface area contributed by atoms with Crippen molar-refractivity contribution in [2.75, 3.05) is 13.7 Å². The highest BCUT2D eigenvalue weighted by Crippen LogP contribution is 2.45. The molecule has 2 aliphatic rings. The smallest absolute Gasteiger partial charge is 0.330 e. The minimum absolute atomic E-state index is 0.282. The molecule has 3 atom stereocenters. The lowest BCUT2D eigenvalue weighted by atomic mass is 10.0. The number of aliphatic hydroxyl groups excluding tert-OH is 1. The van der Waals surface area contributed by atoms with Gasteiger partial charge >= 0.3 is 5.69 Å². The zero-order chi connectivity index (χ0) is 14.7. The number of likely N-dealkylation sites (tertiary alicyclic amines) is 1.